The first-order chi connectivity index (χ1) is 10.4. The molecule has 0 bridgehead atoms. The SMILES string of the molecule is CC(C)Cc1csc(=N)n1CC(C)C.N#Cc1ccccc1. The van der Waals surface area contributed by atoms with Gasteiger partial charge in [0, 0.05) is 17.6 Å². The van der Waals surface area contributed by atoms with Crippen molar-refractivity contribution in [2.24, 2.45) is 11.8 Å². The molecule has 0 saturated heterocycles. The predicted octanol–water partition coefficient (Wildman–Crippen LogP) is 4.44. The van der Waals surface area contributed by atoms with Gasteiger partial charge >= 0.3 is 0 Å². The molecule has 4 heteroatoms. The largest absolute Gasteiger partial charge is 0.321 e. The normalized spacial score (nSPS) is 10.2. The molecule has 0 radical (unpaired) electrons. The maximum Gasteiger partial charge on any atom is 0.182 e. The van der Waals surface area contributed by atoms with Crippen LogP contribution in [-0.4, -0.2) is 4.57 Å². The van der Waals surface area contributed by atoms with E-state index < -0.39 is 0 Å². The fourth-order valence-electron chi connectivity index (χ4n) is 2.04. The van der Waals surface area contributed by atoms with Crippen LogP contribution < -0.4 is 4.80 Å². The minimum absolute atomic E-state index is 0.615. The van der Waals surface area contributed by atoms with Crippen LogP contribution in [0.15, 0.2) is 35.7 Å². The Labute approximate surface area is 137 Å². The van der Waals surface area contributed by atoms with Gasteiger partial charge in [-0.1, -0.05) is 45.9 Å². The van der Waals surface area contributed by atoms with Crippen LogP contribution in [0.5, 0.6) is 0 Å². The summed E-state index contributed by atoms with van der Waals surface area (Å²) in [5, 5.41) is 18.2. The van der Waals surface area contributed by atoms with Crippen LogP contribution in [0.4, 0.5) is 0 Å². The molecule has 3 nitrogen and oxygen atoms in total. The molecule has 22 heavy (non-hydrogen) atoms. The monoisotopic (exact) mass is 315 g/mol. The van der Waals surface area contributed by atoms with Crippen LogP contribution in [0, 0.1) is 28.6 Å². The molecule has 0 unspecified atom stereocenters. The highest BCUT2D eigenvalue weighted by atomic mass is 32.1. The number of benzene rings is 1. The molecule has 0 spiro atoms. The predicted molar refractivity (Wildman–Crippen MR) is 92.7 cm³/mol. The van der Waals surface area contributed by atoms with Crippen molar-refractivity contribution in [2.75, 3.05) is 0 Å². The minimum atomic E-state index is 0.615. The molecule has 2 rings (SSSR count). The van der Waals surface area contributed by atoms with Crippen LogP contribution in [0.25, 0.3) is 0 Å². The van der Waals surface area contributed by atoms with E-state index in [-0.39, 0.29) is 0 Å². The number of hydrogen-bond donors (Lipinski definition) is 1. The number of aromatic nitrogens is 1. The Kier molecular flexibility index (Phi) is 7.62. The molecule has 0 aliphatic heterocycles. The maximum absolute atomic E-state index is 8.29. The first-order valence-corrected chi connectivity index (χ1v) is 8.49. The molecule has 2 aromatic rings. The Balaban J connectivity index is 0.000000255. The van der Waals surface area contributed by atoms with Gasteiger partial charge in [-0.05, 0) is 30.4 Å². The molecule has 1 aromatic heterocycles. The molecule has 1 aromatic carbocycles. The Bertz CT molecular complexity index is 645. The van der Waals surface area contributed by atoms with E-state index in [9.17, 15) is 0 Å². The molecule has 118 valence electrons. The smallest absolute Gasteiger partial charge is 0.182 e. The van der Waals surface area contributed by atoms with Crippen LogP contribution in [-0.2, 0) is 13.0 Å². The third kappa shape index (κ3) is 6.28. The quantitative estimate of drug-likeness (QED) is 0.891. The van der Waals surface area contributed by atoms with Gasteiger partial charge in [-0.25, -0.2) is 0 Å². The average molecular weight is 315 g/mol. The molecule has 0 aliphatic carbocycles. The molecule has 0 saturated carbocycles. The summed E-state index contributed by atoms with van der Waals surface area (Å²) in [6.07, 6.45) is 1.09. The maximum atomic E-state index is 8.29. The summed E-state index contributed by atoms with van der Waals surface area (Å²) >= 11 is 1.54. The fourth-order valence-corrected chi connectivity index (χ4v) is 2.83. The second-order valence-corrected chi connectivity index (χ2v) is 6.97. The Morgan fingerprint density at radius 1 is 1.14 bits per heavy atom. The number of nitrogens with one attached hydrogen (secondary N) is 1. The van der Waals surface area contributed by atoms with Gasteiger partial charge in [0.15, 0.2) is 4.80 Å². The van der Waals surface area contributed by atoms with E-state index in [0.29, 0.717) is 22.2 Å². The van der Waals surface area contributed by atoms with Crippen molar-refractivity contribution >= 4 is 11.3 Å². The summed E-state index contributed by atoms with van der Waals surface area (Å²) in [6.45, 7) is 9.82. The van der Waals surface area contributed by atoms with Gasteiger partial charge in [-0.15, -0.1) is 11.3 Å². The lowest BCUT2D eigenvalue weighted by Gasteiger charge is -2.12. The highest BCUT2D eigenvalue weighted by molar-refractivity contribution is 7.07. The van der Waals surface area contributed by atoms with E-state index >= 15 is 0 Å². The second-order valence-electron chi connectivity index (χ2n) is 6.11. The molecule has 0 aliphatic rings. The van der Waals surface area contributed by atoms with Crippen molar-refractivity contribution in [1.82, 2.24) is 4.57 Å². The van der Waals surface area contributed by atoms with Crippen molar-refractivity contribution < 1.29 is 0 Å². The Morgan fingerprint density at radius 2 is 1.77 bits per heavy atom. The Hall–Kier alpha value is -1.86. The van der Waals surface area contributed by atoms with Crippen LogP contribution >= 0.6 is 11.3 Å². The van der Waals surface area contributed by atoms with E-state index in [4.69, 9.17) is 10.7 Å². The lowest BCUT2D eigenvalue weighted by Crippen LogP contribution is -2.20. The summed E-state index contributed by atoms with van der Waals surface area (Å²) < 4.78 is 2.15. The lowest BCUT2D eigenvalue weighted by molar-refractivity contribution is 0.484. The zero-order valence-corrected chi connectivity index (χ0v) is 14.7. The van der Waals surface area contributed by atoms with Gasteiger partial charge in [0.05, 0.1) is 11.6 Å². The number of nitriles is 1. The summed E-state index contributed by atoms with van der Waals surface area (Å²) in [5.74, 6) is 1.28. The average Bonchev–Trinajstić information content (AvgIpc) is 2.80. The van der Waals surface area contributed by atoms with Gasteiger partial charge in [0.25, 0.3) is 0 Å². The van der Waals surface area contributed by atoms with Crippen molar-refractivity contribution in [3.05, 3.63) is 51.8 Å². The summed E-state index contributed by atoms with van der Waals surface area (Å²) in [6, 6.07) is 11.2. The first-order valence-electron chi connectivity index (χ1n) is 7.61. The third-order valence-electron chi connectivity index (χ3n) is 2.97. The zero-order valence-electron chi connectivity index (χ0n) is 13.8. The molecule has 0 fully saturated rings. The van der Waals surface area contributed by atoms with Crippen LogP contribution in [0.3, 0.4) is 0 Å². The first kappa shape index (κ1) is 18.2. The number of thiazole rings is 1. The number of rotatable bonds is 4. The minimum Gasteiger partial charge on any atom is -0.321 e. The van der Waals surface area contributed by atoms with Crippen LogP contribution in [0.1, 0.15) is 39.0 Å². The number of hydrogen-bond acceptors (Lipinski definition) is 3. The zero-order chi connectivity index (χ0) is 16.5. The fraction of sp³-hybridized carbons (Fsp3) is 0.444. The molecule has 0 atom stereocenters. The topological polar surface area (TPSA) is 52.6 Å². The van der Waals surface area contributed by atoms with Crippen molar-refractivity contribution in [3.8, 4) is 6.07 Å². The Morgan fingerprint density at radius 3 is 2.23 bits per heavy atom. The van der Waals surface area contributed by atoms with Crippen molar-refractivity contribution in [1.29, 1.82) is 10.7 Å². The lowest BCUT2D eigenvalue weighted by atomic mass is 10.1. The van der Waals surface area contributed by atoms with E-state index in [1.807, 2.05) is 24.3 Å². The molecule has 1 heterocycles. The van der Waals surface area contributed by atoms with Gasteiger partial charge in [0.1, 0.15) is 0 Å². The van der Waals surface area contributed by atoms with E-state index in [1.165, 1.54) is 5.69 Å². The van der Waals surface area contributed by atoms with Gasteiger partial charge in [0.2, 0.25) is 0 Å². The molecule has 1 N–H and O–H groups in total. The summed E-state index contributed by atoms with van der Waals surface area (Å²) in [4.78, 5) is 0.689. The number of nitrogens with zero attached hydrogens (tertiary/aromatic N) is 2. The van der Waals surface area contributed by atoms with Gasteiger partial charge in [-0.3, -0.25) is 5.41 Å². The van der Waals surface area contributed by atoms with E-state index in [0.717, 1.165) is 13.0 Å². The molecular weight excluding hydrogens is 290 g/mol. The van der Waals surface area contributed by atoms with Gasteiger partial charge < -0.3 is 4.57 Å². The highest BCUT2D eigenvalue weighted by Crippen LogP contribution is 2.10. The third-order valence-corrected chi connectivity index (χ3v) is 3.80. The van der Waals surface area contributed by atoms with Crippen LogP contribution in [0.2, 0.25) is 0 Å². The molecular formula is C18H25N3S. The van der Waals surface area contributed by atoms with Crippen molar-refractivity contribution in [3.63, 3.8) is 0 Å². The van der Waals surface area contributed by atoms with Crippen molar-refractivity contribution in [2.45, 2.75) is 40.7 Å². The van der Waals surface area contributed by atoms with E-state index in [2.05, 4.69) is 37.6 Å². The van der Waals surface area contributed by atoms with E-state index in [1.54, 1.807) is 23.5 Å². The molecule has 0 amide bonds. The second kappa shape index (κ2) is 9.22. The summed E-state index contributed by atoms with van der Waals surface area (Å²) in [7, 11) is 0. The van der Waals surface area contributed by atoms with Gasteiger partial charge in [-0.2, -0.15) is 5.26 Å². The highest BCUT2D eigenvalue weighted by Gasteiger charge is 2.07. The standard InChI is InChI=1S/C11H20N2S.C7H5N/c1-8(2)5-10-7-14-11(12)13(10)6-9(3)4;8-6-7-4-2-1-3-5-7/h7-9,12H,5-6H2,1-4H3;1-5H. The summed E-state index contributed by atoms with van der Waals surface area (Å²) in [5.41, 5.74) is 2.04.